The summed E-state index contributed by atoms with van der Waals surface area (Å²) < 4.78 is 0. The van der Waals surface area contributed by atoms with E-state index in [1.807, 2.05) is 6.07 Å². The minimum atomic E-state index is 1.02. The average molecular weight is 172 g/mol. The average Bonchev–Trinajstić information content (AvgIpc) is 2.19. The molecule has 0 heteroatoms. The van der Waals surface area contributed by atoms with Crippen molar-refractivity contribution in [3.8, 4) is 0 Å². The van der Waals surface area contributed by atoms with E-state index in [0.29, 0.717) is 0 Å². The number of rotatable bonds is 3. The molecule has 0 bridgehead atoms. The summed E-state index contributed by atoms with van der Waals surface area (Å²) in [5.74, 6) is 0. The second-order valence-corrected chi connectivity index (χ2v) is 3.12. The van der Waals surface area contributed by atoms with Crippen molar-refractivity contribution >= 4 is 0 Å². The third kappa shape index (κ3) is 3.75. The molecular weight excluding hydrogens is 156 g/mol. The standard InChI is InChI=1S/C13H16/c1-3-12(2)8-7-11-13-9-5-4-6-10-13/h3-10H,11H2,1-2H3/b8-7-,12-3-. The minimum absolute atomic E-state index is 1.02. The molecule has 0 aliphatic carbocycles. The van der Waals surface area contributed by atoms with E-state index in [4.69, 9.17) is 0 Å². The lowest BCUT2D eigenvalue weighted by Crippen LogP contribution is -1.78. The lowest BCUT2D eigenvalue weighted by molar-refractivity contribution is 1.26. The molecule has 0 spiro atoms. The van der Waals surface area contributed by atoms with E-state index in [9.17, 15) is 0 Å². The van der Waals surface area contributed by atoms with Crippen LogP contribution < -0.4 is 0 Å². The Hall–Kier alpha value is -1.30. The minimum Gasteiger partial charge on any atom is -0.0847 e. The molecule has 0 saturated heterocycles. The molecule has 0 aliphatic heterocycles. The van der Waals surface area contributed by atoms with Gasteiger partial charge in [0.2, 0.25) is 0 Å². The summed E-state index contributed by atoms with van der Waals surface area (Å²) in [7, 11) is 0. The number of benzene rings is 1. The van der Waals surface area contributed by atoms with Crippen molar-refractivity contribution in [2.75, 3.05) is 0 Å². The molecule has 0 radical (unpaired) electrons. The fraction of sp³-hybridized carbons (Fsp3) is 0.231. The van der Waals surface area contributed by atoms with Gasteiger partial charge < -0.3 is 0 Å². The molecule has 13 heavy (non-hydrogen) atoms. The molecule has 0 aliphatic rings. The van der Waals surface area contributed by atoms with Gasteiger partial charge >= 0.3 is 0 Å². The Balaban J connectivity index is 2.48. The van der Waals surface area contributed by atoms with E-state index in [0.717, 1.165) is 6.42 Å². The van der Waals surface area contributed by atoms with Gasteiger partial charge in [-0.2, -0.15) is 0 Å². The number of hydrogen-bond donors (Lipinski definition) is 0. The molecule has 0 aromatic heterocycles. The van der Waals surface area contributed by atoms with Gasteiger partial charge in [-0.3, -0.25) is 0 Å². The first-order chi connectivity index (χ1) is 6.33. The second-order valence-electron chi connectivity index (χ2n) is 3.12. The van der Waals surface area contributed by atoms with Gasteiger partial charge in [-0.1, -0.05) is 54.1 Å². The Morgan fingerprint density at radius 3 is 2.54 bits per heavy atom. The van der Waals surface area contributed by atoms with Crippen LogP contribution >= 0.6 is 0 Å². The van der Waals surface area contributed by atoms with Crippen LogP contribution in [0.2, 0.25) is 0 Å². The van der Waals surface area contributed by atoms with Crippen molar-refractivity contribution < 1.29 is 0 Å². The van der Waals surface area contributed by atoms with Crippen LogP contribution in [0.3, 0.4) is 0 Å². The summed E-state index contributed by atoms with van der Waals surface area (Å²) in [6.07, 6.45) is 7.49. The van der Waals surface area contributed by atoms with E-state index in [1.54, 1.807) is 0 Å². The largest absolute Gasteiger partial charge is 0.0847 e. The van der Waals surface area contributed by atoms with E-state index in [2.05, 4.69) is 56.3 Å². The Kier molecular flexibility index (Phi) is 4.04. The van der Waals surface area contributed by atoms with Crippen LogP contribution in [-0.2, 0) is 6.42 Å². The number of hydrogen-bond acceptors (Lipinski definition) is 0. The first-order valence-electron chi connectivity index (χ1n) is 4.66. The highest BCUT2D eigenvalue weighted by molar-refractivity contribution is 5.21. The summed E-state index contributed by atoms with van der Waals surface area (Å²) in [6, 6.07) is 10.5. The van der Waals surface area contributed by atoms with E-state index in [1.165, 1.54) is 11.1 Å². The lowest BCUT2D eigenvalue weighted by Gasteiger charge is -1.94. The van der Waals surface area contributed by atoms with Gasteiger partial charge in [0.15, 0.2) is 0 Å². The third-order valence-corrected chi connectivity index (χ3v) is 2.03. The maximum Gasteiger partial charge on any atom is -0.00942 e. The van der Waals surface area contributed by atoms with Gasteiger partial charge in [0.25, 0.3) is 0 Å². The van der Waals surface area contributed by atoms with Crippen molar-refractivity contribution in [3.63, 3.8) is 0 Å². The zero-order chi connectivity index (χ0) is 9.52. The molecule has 0 saturated carbocycles. The molecule has 0 amide bonds. The van der Waals surface area contributed by atoms with Crippen LogP contribution in [0, 0.1) is 0 Å². The van der Waals surface area contributed by atoms with Crippen LogP contribution in [-0.4, -0.2) is 0 Å². The van der Waals surface area contributed by atoms with Crippen LogP contribution in [0.15, 0.2) is 54.1 Å². The summed E-state index contributed by atoms with van der Waals surface area (Å²) >= 11 is 0. The Morgan fingerprint density at radius 2 is 1.92 bits per heavy atom. The molecule has 0 atom stereocenters. The van der Waals surface area contributed by atoms with Crippen LogP contribution in [0.25, 0.3) is 0 Å². The van der Waals surface area contributed by atoms with Gasteiger partial charge in [-0.05, 0) is 25.8 Å². The first-order valence-corrected chi connectivity index (χ1v) is 4.66. The highest BCUT2D eigenvalue weighted by atomic mass is 13.9. The molecule has 0 unspecified atom stereocenters. The molecule has 68 valence electrons. The predicted molar refractivity (Wildman–Crippen MR) is 58.7 cm³/mol. The molecule has 1 aromatic rings. The van der Waals surface area contributed by atoms with Crippen LogP contribution in [0.1, 0.15) is 19.4 Å². The summed E-state index contributed by atoms with van der Waals surface area (Å²) in [6.45, 7) is 4.17. The molecule has 1 rings (SSSR count). The molecule has 0 N–H and O–H groups in total. The molecule has 0 heterocycles. The third-order valence-electron chi connectivity index (χ3n) is 2.03. The number of allylic oxidation sites excluding steroid dienone is 4. The first kappa shape index (κ1) is 9.79. The molecule has 1 aromatic carbocycles. The maximum atomic E-state index is 2.20. The monoisotopic (exact) mass is 172 g/mol. The van der Waals surface area contributed by atoms with Crippen LogP contribution in [0.4, 0.5) is 0 Å². The lowest BCUT2D eigenvalue weighted by atomic mass is 10.1. The normalized spacial score (nSPS) is 12.3. The summed E-state index contributed by atoms with van der Waals surface area (Å²) in [5.41, 5.74) is 2.68. The zero-order valence-electron chi connectivity index (χ0n) is 8.33. The molecular formula is C13H16. The highest BCUT2D eigenvalue weighted by Crippen LogP contribution is 2.02. The van der Waals surface area contributed by atoms with Gasteiger partial charge in [-0.25, -0.2) is 0 Å². The smallest absolute Gasteiger partial charge is 0.00942 e. The predicted octanol–water partition coefficient (Wildman–Crippen LogP) is 3.75. The van der Waals surface area contributed by atoms with E-state index in [-0.39, 0.29) is 0 Å². The van der Waals surface area contributed by atoms with Crippen molar-refractivity contribution in [1.29, 1.82) is 0 Å². The van der Waals surface area contributed by atoms with E-state index >= 15 is 0 Å². The van der Waals surface area contributed by atoms with Gasteiger partial charge in [-0.15, -0.1) is 0 Å². The summed E-state index contributed by atoms with van der Waals surface area (Å²) in [4.78, 5) is 0. The van der Waals surface area contributed by atoms with Crippen molar-refractivity contribution in [2.24, 2.45) is 0 Å². The zero-order valence-corrected chi connectivity index (χ0v) is 8.33. The van der Waals surface area contributed by atoms with Crippen molar-refractivity contribution in [3.05, 3.63) is 59.7 Å². The molecule has 0 fully saturated rings. The molecule has 0 nitrogen and oxygen atoms in total. The Bertz CT molecular complexity index is 291. The fourth-order valence-electron chi connectivity index (χ4n) is 1.09. The van der Waals surface area contributed by atoms with Crippen molar-refractivity contribution in [1.82, 2.24) is 0 Å². The van der Waals surface area contributed by atoms with E-state index < -0.39 is 0 Å². The van der Waals surface area contributed by atoms with Gasteiger partial charge in [0.1, 0.15) is 0 Å². The SMILES string of the molecule is C/C=C(C)\C=C/Cc1ccccc1. The maximum absolute atomic E-state index is 2.20. The topological polar surface area (TPSA) is 0 Å². The Morgan fingerprint density at radius 1 is 1.23 bits per heavy atom. The fourth-order valence-corrected chi connectivity index (χ4v) is 1.09. The van der Waals surface area contributed by atoms with Crippen LogP contribution in [0.5, 0.6) is 0 Å². The van der Waals surface area contributed by atoms with Gasteiger partial charge in [0.05, 0.1) is 0 Å². The summed E-state index contributed by atoms with van der Waals surface area (Å²) in [5, 5.41) is 0. The quantitative estimate of drug-likeness (QED) is 0.609. The highest BCUT2D eigenvalue weighted by Gasteiger charge is 1.85. The second kappa shape index (κ2) is 5.36. The Labute approximate surface area is 80.6 Å². The van der Waals surface area contributed by atoms with Crippen molar-refractivity contribution in [2.45, 2.75) is 20.3 Å². The van der Waals surface area contributed by atoms with Gasteiger partial charge in [0, 0.05) is 0 Å².